The fourth-order valence-electron chi connectivity index (χ4n) is 2.40. The second-order valence-corrected chi connectivity index (χ2v) is 5.75. The summed E-state index contributed by atoms with van der Waals surface area (Å²) in [7, 11) is 0. The van der Waals surface area contributed by atoms with Gasteiger partial charge in [0.15, 0.2) is 5.11 Å². The van der Waals surface area contributed by atoms with Crippen LogP contribution in [0.2, 0.25) is 0 Å². The third-order valence-electron chi connectivity index (χ3n) is 3.69. The van der Waals surface area contributed by atoms with Crippen molar-refractivity contribution in [3.8, 4) is 0 Å². The maximum atomic E-state index is 5.34. The number of morpholine rings is 1. The smallest absolute Gasteiger partial charge is 0.166 e. The lowest BCUT2D eigenvalue weighted by Gasteiger charge is -2.26. The number of ether oxygens (including phenoxy) is 1. The fraction of sp³-hybridized carbons (Fsp3) is 0.562. The maximum absolute atomic E-state index is 5.34. The quantitative estimate of drug-likeness (QED) is 0.620. The van der Waals surface area contributed by atoms with E-state index in [0.717, 1.165) is 50.9 Å². The van der Waals surface area contributed by atoms with Gasteiger partial charge in [0.25, 0.3) is 0 Å². The summed E-state index contributed by atoms with van der Waals surface area (Å²) in [5.41, 5.74) is 1.25. The number of hydrogen-bond donors (Lipinski definition) is 2. The monoisotopic (exact) mass is 307 g/mol. The van der Waals surface area contributed by atoms with Gasteiger partial charge in [-0.3, -0.25) is 4.90 Å². The molecule has 0 unspecified atom stereocenters. The molecule has 1 aromatic carbocycles. The molecule has 1 atom stereocenters. The molecule has 0 radical (unpaired) electrons. The highest BCUT2D eigenvalue weighted by Crippen LogP contribution is 2.10. The van der Waals surface area contributed by atoms with Crippen LogP contribution in [0.25, 0.3) is 0 Å². The van der Waals surface area contributed by atoms with Gasteiger partial charge in [0.1, 0.15) is 0 Å². The Morgan fingerprint density at radius 3 is 2.71 bits per heavy atom. The first-order chi connectivity index (χ1) is 10.3. The van der Waals surface area contributed by atoms with Crippen molar-refractivity contribution in [2.75, 3.05) is 39.4 Å². The minimum atomic E-state index is 0.227. The maximum Gasteiger partial charge on any atom is 0.166 e. The Hall–Kier alpha value is -1.17. The van der Waals surface area contributed by atoms with Crippen LogP contribution in [-0.2, 0) is 4.74 Å². The molecule has 1 fully saturated rings. The van der Waals surface area contributed by atoms with Crippen molar-refractivity contribution in [3.63, 3.8) is 0 Å². The van der Waals surface area contributed by atoms with Crippen molar-refractivity contribution < 1.29 is 4.74 Å². The summed E-state index contributed by atoms with van der Waals surface area (Å²) >= 11 is 5.34. The van der Waals surface area contributed by atoms with Crippen LogP contribution in [0.1, 0.15) is 24.9 Å². The van der Waals surface area contributed by atoms with Crippen LogP contribution in [0.15, 0.2) is 30.3 Å². The minimum absolute atomic E-state index is 0.227. The van der Waals surface area contributed by atoms with E-state index in [9.17, 15) is 0 Å². The van der Waals surface area contributed by atoms with E-state index in [1.807, 2.05) is 18.2 Å². The SMILES string of the molecule is C[C@@H](NC(=S)NCCCN1CCOCC1)c1ccccc1. The van der Waals surface area contributed by atoms with Gasteiger partial charge in [-0.2, -0.15) is 0 Å². The summed E-state index contributed by atoms with van der Waals surface area (Å²) < 4.78 is 5.34. The molecule has 21 heavy (non-hydrogen) atoms. The standard InChI is InChI=1S/C16H25N3OS/c1-14(15-6-3-2-4-7-15)18-16(21)17-8-5-9-19-10-12-20-13-11-19/h2-4,6-7,14H,5,8-13H2,1H3,(H2,17,18,21)/t14-/m1/s1. The molecule has 1 aromatic rings. The van der Waals surface area contributed by atoms with Crippen molar-refractivity contribution in [1.82, 2.24) is 15.5 Å². The average Bonchev–Trinajstić information content (AvgIpc) is 2.53. The van der Waals surface area contributed by atoms with Gasteiger partial charge in [-0.1, -0.05) is 30.3 Å². The normalized spacial score (nSPS) is 17.2. The summed E-state index contributed by atoms with van der Waals surface area (Å²) in [6, 6.07) is 10.6. The Bertz CT molecular complexity index is 421. The zero-order chi connectivity index (χ0) is 14.9. The molecule has 2 rings (SSSR count). The molecule has 0 aliphatic carbocycles. The molecule has 1 heterocycles. The Kier molecular flexibility index (Phi) is 6.92. The van der Waals surface area contributed by atoms with E-state index in [-0.39, 0.29) is 6.04 Å². The first-order valence-corrected chi connectivity index (χ1v) is 8.06. The summed E-state index contributed by atoms with van der Waals surface area (Å²) in [5, 5.41) is 7.34. The van der Waals surface area contributed by atoms with Gasteiger partial charge >= 0.3 is 0 Å². The lowest BCUT2D eigenvalue weighted by Crippen LogP contribution is -2.40. The predicted molar refractivity (Wildman–Crippen MR) is 90.5 cm³/mol. The number of nitrogens with zero attached hydrogens (tertiary/aromatic N) is 1. The van der Waals surface area contributed by atoms with E-state index < -0.39 is 0 Å². The van der Waals surface area contributed by atoms with Gasteiger partial charge in [0.05, 0.1) is 19.3 Å². The number of nitrogens with one attached hydrogen (secondary N) is 2. The van der Waals surface area contributed by atoms with Crippen LogP contribution in [0.3, 0.4) is 0 Å². The lowest BCUT2D eigenvalue weighted by molar-refractivity contribution is 0.0376. The highest BCUT2D eigenvalue weighted by atomic mass is 32.1. The molecule has 4 nitrogen and oxygen atoms in total. The van der Waals surface area contributed by atoms with Crippen LogP contribution in [0, 0.1) is 0 Å². The molecular formula is C16H25N3OS. The molecule has 0 amide bonds. The van der Waals surface area contributed by atoms with Gasteiger partial charge in [0.2, 0.25) is 0 Å². The number of benzene rings is 1. The number of hydrogen-bond acceptors (Lipinski definition) is 3. The van der Waals surface area contributed by atoms with Crippen molar-refractivity contribution >= 4 is 17.3 Å². The Balaban J connectivity index is 1.59. The van der Waals surface area contributed by atoms with E-state index >= 15 is 0 Å². The number of thiocarbonyl (C=S) groups is 1. The first-order valence-electron chi connectivity index (χ1n) is 7.65. The van der Waals surface area contributed by atoms with E-state index in [0.29, 0.717) is 0 Å². The second kappa shape index (κ2) is 8.97. The van der Waals surface area contributed by atoms with E-state index in [1.54, 1.807) is 0 Å². The molecule has 1 aliphatic heterocycles. The Morgan fingerprint density at radius 1 is 1.29 bits per heavy atom. The predicted octanol–water partition coefficient (Wildman–Crippen LogP) is 1.93. The van der Waals surface area contributed by atoms with Crippen molar-refractivity contribution in [2.24, 2.45) is 0 Å². The van der Waals surface area contributed by atoms with Gasteiger partial charge < -0.3 is 15.4 Å². The molecule has 1 saturated heterocycles. The fourth-order valence-corrected chi connectivity index (χ4v) is 2.68. The Morgan fingerprint density at radius 2 is 2.00 bits per heavy atom. The van der Waals surface area contributed by atoms with Crippen LogP contribution in [0.5, 0.6) is 0 Å². The minimum Gasteiger partial charge on any atom is -0.379 e. The third-order valence-corrected chi connectivity index (χ3v) is 3.95. The molecule has 1 aliphatic rings. The summed E-state index contributed by atoms with van der Waals surface area (Å²) in [6.07, 6.45) is 1.10. The molecule has 0 bridgehead atoms. The van der Waals surface area contributed by atoms with Gasteiger partial charge in [0, 0.05) is 19.6 Å². The number of rotatable bonds is 6. The summed E-state index contributed by atoms with van der Waals surface area (Å²) in [5.74, 6) is 0. The van der Waals surface area contributed by atoms with Crippen molar-refractivity contribution in [1.29, 1.82) is 0 Å². The summed E-state index contributed by atoms with van der Waals surface area (Å²) in [4.78, 5) is 2.44. The second-order valence-electron chi connectivity index (χ2n) is 5.34. The topological polar surface area (TPSA) is 36.5 Å². The zero-order valence-corrected chi connectivity index (χ0v) is 13.5. The lowest BCUT2D eigenvalue weighted by atomic mass is 10.1. The highest BCUT2D eigenvalue weighted by molar-refractivity contribution is 7.80. The van der Waals surface area contributed by atoms with Gasteiger partial charge in [-0.15, -0.1) is 0 Å². The van der Waals surface area contributed by atoms with Crippen molar-refractivity contribution in [3.05, 3.63) is 35.9 Å². The van der Waals surface area contributed by atoms with E-state index in [1.165, 1.54) is 5.56 Å². The molecule has 2 N–H and O–H groups in total. The molecule has 0 aromatic heterocycles. The van der Waals surface area contributed by atoms with Crippen LogP contribution in [0.4, 0.5) is 0 Å². The van der Waals surface area contributed by atoms with Crippen molar-refractivity contribution in [2.45, 2.75) is 19.4 Å². The largest absolute Gasteiger partial charge is 0.379 e. The first kappa shape index (κ1) is 16.2. The van der Waals surface area contributed by atoms with Crippen LogP contribution >= 0.6 is 12.2 Å². The molecule has 0 spiro atoms. The van der Waals surface area contributed by atoms with Crippen LogP contribution in [-0.4, -0.2) is 49.4 Å². The van der Waals surface area contributed by atoms with Crippen LogP contribution < -0.4 is 10.6 Å². The van der Waals surface area contributed by atoms with Gasteiger partial charge in [-0.05, 0) is 37.7 Å². The average molecular weight is 307 g/mol. The Labute approximate surface area is 132 Å². The summed E-state index contributed by atoms with van der Waals surface area (Å²) in [6.45, 7) is 7.96. The zero-order valence-electron chi connectivity index (χ0n) is 12.7. The molecular weight excluding hydrogens is 282 g/mol. The van der Waals surface area contributed by atoms with Gasteiger partial charge in [-0.25, -0.2) is 0 Å². The highest BCUT2D eigenvalue weighted by Gasteiger charge is 2.09. The molecule has 5 heteroatoms. The molecule has 0 saturated carbocycles. The van der Waals surface area contributed by atoms with E-state index in [2.05, 4.69) is 34.6 Å². The van der Waals surface area contributed by atoms with E-state index in [4.69, 9.17) is 17.0 Å². The molecule has 116 valence electrons. The third kappa shape index (κ3) is 5.99.